The Morgan fingerprint density at radius 1 is 1.06 bits per heavy atom. The molecule has 8 heteroatoms. The molecule has 34 heavy (non-hydrogen) atoms. The van der Waals surface area contributed by atoms with E-state index in [0.29, 0.717) is 40.0 Å². The van der Waals surface area contributed by atoms with Crippen LogP contribution in [0.15, 0.2) is 65.3 Å². The van der Waals surface area contributed by atoms with Crippen molar-refractivity contribution in [2.24, 2.45) is 0 Å². The van der Waals surface area contributed by atoms with Crippen molar-refractivity contribution >= 4 is 63.3 Å². The summed E-state index contributed by atoms with van der Waals surface area (Å²) in [7, 11) is 0. The van der Waals surface area contributed by atoms with Crippen LogP contribution < -0.4 is 5.32 Å². The van der Waals surface area contributed by atoms with E-state index in [1.807, 2.05) is 42.5 Å². The standard InChI is InChI=1S/C26H18Cl2N2O4/c27-19-7-3-9-21(24(19)28)29-22(31)14-34-26(32)23-17-6-1-2-8-20(17)30-25-15(10-11-18(23)25)13-16-5-4-12-33-16/h1-9,12-13H,10-11,14H2,(H,29,31). The van der Waals surface area contributed by atoms with Crippen LogP contribution in [0.25, 0.3) is 22.6 Å². The van der Waals surface area contributed by atoms with Gasteiger partial charge in [0.25, 0.3) is 5.91 Å². The fourth-order valence-corrected chi connectivity index (χ4v) is 4.39. The summed E-state index contributed by atoms with van der Waals surface area (Å²) in [5.74, 6) is -0.384. The van der Waals surface area contributed by atoms with Crippen molar-refractivity contribution < 1.29 is 18.7 Å². The van der Waals surface area contributed by atoms with E-state index in [2.05, 4.69) is 5.32 Å². The number of esters is 1. The predicted molar refractivity (Wildman–Crippen MR) is 132 cm³/mol. The number of pyridine rings is 1. The van der Waals surface area contributed by atoms with Gasteiger partial charge in [0.05, 0.1) is 38.8 Å². The number of carbonyl (C=O) groups excluding carboxylic acids is 2. The largest absolute Gasteiger partial charge is 0.465 e. The number of nitrogens with one attached hydrogen (secondary N) is 1. The molecule has 0 saturated heterocycles. The van der Waals surface area contributed by atoms with E-state index in [0.717, 1.165) is 22.6 Å². The Labute approximate surface area is 205 Å². The maximum atomic E-state index is 13.2. The molecule has 0 bridgehead atoms. The van der Waals surface area contributed by atoms with Crippen molar-refractivity contribution in [2.45, 2.75) is 12.8 Å². The molecule has 4 aromatic rings. The zero-order valence-corrected chi connectivity index (χ0v) is 19.3. The first-order chi connectivity index (χ1) is 16.5. The van der Waals surface area contributed by atoms with Gasteiger partial charge in [-0.25, -0.2) is 9.78 Å². The van der Waals surface area contributed by atoms with E-state index in [9.17, 15) is 9.59 Å². The summed E-state index contributed by atoms with van der Waals surface area (Å²) in [4.78, 5) is 30.4. The summed E-state index contributed by atoms with van der Waals surface area (Å²) >= 11 is 12.1. The molecule has 0 radical (unpaired) electrons. The third-order valence-corrected chi connectivity index (χ3v) is 6.38. The van der Waals surface area contributed by atoms with Crippen LogP contribution in [0, 0.1) is 0 Å². The zero-order valence-electron chi connectivity index (χ0n) is 17.8. The topological polar surface area (TPSA) is 81.4 Å². The van der Waals surface area contributed by atoms with Crippen LogP contribution in [0.2, 0.25) is 10.0 Å². The number of fused-ring (bicyclic) bond motifs is 2. The van der Waals surface area contributed by atoms with Gasteiger partial charge in [-0.3, -0.25) is 4.79 Å². The monoisotopic (exact) mass is 492 g/mol. The van der Waals surface area contributed by atoms with Gasteiger partial charge in [-0.1, -0.05) is 47.5 Å². The van der Waals surface area contributed by atoms with Gasteiger partial charge in [0, 0.05) is 5.39 Å². The molecule has 1 amide bonds. The average Bonchev–Trinajstić information content (AvgIpc) is 3.49. The van der Waals surface area contributed by atoms with E-state index < -0.39 is 18.5 Å². The second-order valence-corrected chi connectivity index (χ2v) is 8.53. The molecule has 0 fully saturated rings. The van der Waals surface area contributed by atoms with Crippen molar-refractivity contribution in [3.8, 4) is 0 Å². The van der Waals surface area contributed by atoms with E-state index in [-0.39, 0.29) is 5.02 Å². The van der Waals surface area contributed by atoms with Crippen LogP contribution in [0.5, 0.6) is 0 Å². The van der Waals surface area contributed by atoms with Gasteiger partial charge in [0.1, 0.15) is 5.76 Å². The Morgan fingerprint density at radius 3 is 2.74 bits per heavy atom. The van der Waals surface area contributed by atoms with Crippen LogP contribution in [-0.2, 0) is 16.0 Å². The quantitative estimate of drug-likeness (QED) is 0.325. The minimum Gasteiger partial charge on any atom is -0.465 e. The number of furan rings is 1. The molecule has 0 saturated carbocycles. The van der Waals surface area contributed by atoms with Crippen LogP contribution in [0.1, 0.15) is 33.8 Å². The molecule has 2 aromatic carbocycles. The number of carbonyl (C=O) groups is 2. The summed E-state index contributed by atoms with van der Waals surface area (Å²) in [6.45, 7) is -0.470. The smallest absolute Gasteiger partial charge is 0.339 e. The second-order valence-electron chi connectivity index (χ2n) is 7.74. The number of hydrogen-bond acceptors (Lipinski definition) is 5. The molecule has 170 valence electrons. The number of ether oxygens (including phenoxy) is 1. The summed E-state index contributed by atoms with van der Waals surface area (Å²) in [5, 5.41) is 3.83. The minimum atomic E-state index is -0.582. The molecule has 1 aliphatic rings. The first-order valence-corrected chi connectivity index (χ1v) is 11.3. The lowest BCUT2D eigenvalue weighted by Gasteiger charge is -2.13. The van der Waals surface area contributed by atoms with E-state index >= 15 is 0 Å². The van der Waals surface area contributed by atoms with Crippen LogP contribution >= 0.6 is 23.2 Å². The summed E-state index contributed by atoms with van der Waals surface area (Å²) in [6.07, 6.45) is 4.90. The molecule has 0 unspecified atom stereocenters. The predicted octanol–water partition coefficient (Wildman–Crippen LogP) is 6.42. The number of anilines is 1. The first-order valence-electron chi connectivity index (χ1n) is 10.6. The third-order valence-electron chi connectivity index (χ3n) is 5.57. The van der Waals surface area contributed by atoms with Crippen LogP contribution in [0.3, 0.4) is 0 Å². The van der Waals surface area contributed by atoms with Crippen LogP contribution in [-0.4, -0.2) is 23.5 Å². The third kappa shape index (κ3) is 4.30. The molecule has 1 aliphatic carbocycles. The van der Waals surface area contributed by atoms with Crippen molar-refractivity contribution in [1.29, 1.82) is 0 Å². The van der Waals surface area contributed by atoms with Gasteiger partial charge in [0.2, 0.25) is 0 Å². The molecule has 0 spiro atoms. The van der Waals surface area contributed by atoms with E-state index in [1.54, 1.807) is 24.5 Å². The lowest BCUT2D eigenvalue weighted by Crippen LogP contribution is -2.22. The Morgan fingerprint density at radius 2 is 1.91 bits per heavy atom. The molecule has 2 aromatic heterocycles. The number of para-hydroxylation sites is 1. The first kappa shape index (κ1) is 22.2. The molecular weight excluding hydrogens is 475 g/mol. The number of allylic oxidation sites excluding steroid dienone is 1. The highest BCUT2D eigenvalue weighted by Crippen LogP contribution is 2.38. The molecule has 1 N–H and O–H groups in total. The highest BCUT2D eigenvalue weighted by Gasteiger charge is 2.28. The van der Waals surface area contributed by atoms with Crippen LogP contribution in [0.4, 0.5) is 5.69 Å². The van der Waals surface area contributed by atoms with E-state index in [4.69, 9.17) is 37.3 Å². The highest BCUT2D eigenvalue weighted by molar-refractivity contribution is 6.44. The molecule has 6 nitrogen and oxygen atoms in total. The molecule has 5 rings (SSSR count). The lowest BCUT2D eigenvalue weighted by atomic mass is 10.0. The van der Waals surface area contributed by atoms with Crippen molar-refractivity contribution in [3.63, 3.8) is 0 Å². The molecule has 0 atom stereocenters. The maximum absolute atomic E-state index is 13.2. The van der Waals surface area contributed by atoms with Gasteiger partial charge in [-0.15, -0.1) is 0 Å². The van der Waals surface area contributed by atoms with Crippen molar-refractivity contribution in [1.82, 2.24) is 4.98 Å². The number of rotatable bonds is 5. The fraction of sp³-hybridized carbons (Fsp3) is 0.115. The molecule has 0 aliphatic heterocycles. The Hall–Kier alpha value is -3.61. The van der Waals surface area contributed by atoms with Crippen molar-refractivity contribution in [3.05, 3.63) is 93.5 Å². The Kier molecular flexibility index (Phi) is 6.09. The number of amides is 1. The summed E-state index contributed by atoms with van der Waals surface area (Å²) < 4.78 is 10.9. The molecular formula is C26H18Cl2N2O4. The van der Waals surface area contributed by atoms with Gasteiger partial charge < -0.3 is 14.5 Å². The maximum Gasteiger partial charge on any atom is 0.339 e. The SMILES string of the molecule is O=C(COC(=O)c1c2c(nc3ccccc13)C(=Cc1ccco1)CC2)Nc1cccc(Cl)c1Cl. The number of aromatic nitrogens is 1. The normalized spacial score (nSPS) is 13.8. The summed E-state index contributed by atoms with van der Waals surface area (Å²) in [6, 6.07) is 16.0. The Bertz CT molecular complexity index is 1440. The van der Waals surface area contributed by atoms with Gasteiger partial charge in [-0.2, -0.15) is 0 Å². The van der Waals surface area contributed by atoms with E-state index in [1.165, 1.54) is 0 Å². The number of hydrogen-bond donors (Lipinski definition) is 1. The minimum absolute atomic E-state index is 0.220. The van der Waals surface area contributed by atoms with Gasteiger partial charge in [-0.05, 0) is 60.4 Å². The van der Waals surface area contributed by atoms with Gasteiger partial charge >= 0.3 is 5.97 Å². The Balaban J connectivity index is 1.42. The average molecular weight is 493 g/mol. The fourth-order valence-electron chi connectivity index (χ4n) is 4.05. The second kappa shape index (κ2) is 9.33. The molecule has 2 heterocycles. The highest BCUT2D eigenvalue weighted by atomic mass is 35.5. The lowest BCUT2D eigenvalue weighted by molar-refractivity contribution is -0.119. The van der Waals surface area contributed by atoms with Crippen molar-refractivity contribution in [2.75, 3.05) is 11.9 Å². The number of halogens is 2. The number of nitrogens with zero attached hydrogens (tertiary/aromatic N) is 1. The zero-order chi connectivity index (χ0) is 23.7. The number of benzene rings is 2. The summed E-state index contributed by atoms with van der Waals surface area (Å²) in [5.41, 5.74) is 3.99. The van der Waals surface area contributed by atoms with Gasteiger partial charge in [0.15, 0.2) is 6.61 Å².